The number of oxime groups is 1. The van der Waals surface area contributed by atoms with Crippen molar-refractivity contribution in [2.45, 2.75) is 45.8 Å². The van der Waals surface area contributed by atoms with Crippen LogP contribution in [-0.4, -0.2) is 19.0 Å². The van der Waals surface area contributed by atoms with Crippen molar-refractivity contribution in [3.63, 3.8) is 0 Å². The Morgan fingerprint density at radius 3 is 2.57 bits per heavy atom. The zero-order valence-electron chi connectivity index (χ0n) is 9.67. The van der Waals surface area contributed by atoms with Gasteiger partial charge in [-0.2, -0.15) is 0 Å². The summed E-state index contributed by atoms with van der Waals surface area (Å²) in [5.41, 5.74) is 4.89. The maximum absolute atomic E-state index is 8.85. The van der Waals surface area contributed by atoms with Gasteiger partial charge in [-0.3, -0.25) is 0 Å². The van der Waals surface area contributed by atoms with Gasteiger partial charge in [-0.25, -0.2) is 0 Å². The molecule has 2 nitrogen and oxygen atoms in total. The molecule has 0 aliphatic heterocycles. The zero-order valence-corrected chi connectivity index (χ0v) is 10.7. The van der Waals surface area contributed by atoms with E-state index < -0.39 is 8.07 Å². The number of rotatable bonds is 1. The Hall–Kier alpha value is -0.573. The number of hydrogen-bond donors (Lipinski definition) is 1. The van der Waals surface area contributed by atoms with Crippen LogP contribution in [0.1, 0.15) is 26.2 Å². The van der Waals surface area contributed by atoms with Crippen LogP contribution in [0.3, 0.4) is 0 Å². The smallest absolute Gasteiger partial charge is 0.0686 e. The second-order valence-electron chi connectivity index (χ2n) is 5.38. The van der Waals surface area contributed by atoms with Gasteiger partial charge in [0.15, 0.2) is 0 Å². The van der Waals surface area contributed by atoms with Crippen molar-refractivity contribution < 1.29 is 5.21 Å². The van der Waals surface area contributed by atoms with Crippen LogP contribution in [0.2, 0.25) is 19.6 Å². The van der Waals surface area contributed by atoms with Crippen molar-refractivity contribution in [2.75, 3.05) is 0 Å². The maximum Gasteiger partial charge on any atom is 0.0686 e. The summed E-state index contributed by atoms with van der Waals surface area (Å²) in [5, 5.41) is 12.2. The van der Waals surface area contributed by atoms with Gasteiger partial charge in [0.1, 0.15) is 0 Å². The second-order valence-corrected chi connectivity index (χ2v) is 10.4. The molecule has 1 aliphatic carbocycles. The van der Waals surface area contributed by atoms with Crippen LogP contribution in [0, 0.1) is 5.92 Å². The molecule has 0 radical (unpaired) electrons. The van der Waals surface area contributed by atoms with Gasteiger partial charge in [-0.15, -0.1) is 0 Å². The predicted molar refractivity (Wildman–Crippen MR) is 63.7 cm³/mol. The Bertz CT molecular complexity index is 263. The largest absolute Gasteiger partial charge is 0.411 e. The minimum Gasteiger partial charge on any atom is -0.411 e. The van der Waals surface area contributed by atoms with Crippen molar-refractivity contribution in [2.24, 2.45) is 11.1 Å². The monoisotopic (exact) mass is 211 g/mol. The van der Waals surface area contributed by atoms with Gasteiger partial charge >= 0.3 is 0 Å². The van der Waals surface area contributed by atoms with Gasteiger partial charge in [0.25, 0.3) is 0 Å². The van der Waals surface area contributed by atoms with E-state index in [-0.39, 0.29) is 0 Å². The molecule has 3 heteroatoms. The highest BCUT2D eigenvalue weighted by atomic mass is 28.3. The summed E-state index contributed by atoms with van der Waals surface area (Å²) >= 11 is 0. The van der Waals surface area contributed by atoms with Crippen LogP contribution in [0.5, 0.6) is 0 Å². The fourth-order valence-electron chi connectivity index (χ4n) is 1.93. The van der Waals surface area contributed by atoms with Gasteiger partial charge in [0.2, 0.25) is 0 Å². The molecule has 1 N–H and O–H groups in total. The lowest BCUT2D eigenvalue weighted by molar-refractivity contribution is 0.312. The molecule has 0 spiro atoms. The van der Waals surface area contributed by atoms with E-state index in [0.29, 0.717) is 5.92 Å². The molecule has 14 heavy (non-hydrogen) atoms. The highest BCUT2D eigenvalue weighted by Gasteiger charge is 2.21. The maximum atomic E-state index is 8.85. The first-order chi connectivity index (χ1) is 6.42. The summed E-state index contributed by atoms with van der Waals surface area (Å²) in [6, 6.07) is 0. The van der Waals surface area contributed by atoms with E-state index in [1.165, 1.54) is 12.0 Å². The molecule has 0 bridgehead atoms. The molecule has 0 aromatic rings. The average Bonchev–Trinajstić information content (AvgIpc) is 2.06. The van der Waals surface area contributed by atoms with E-state index in [1.54, 1.807) is 0 Å². The van der Waals surface area contributed by atoms with E-state index in [0.717, 1.165) is 18.6 Å². The van der Waals surface area contributed by atoms with E-state index in [2.05, 4.69) is 37.4 Å². The fraction of sp³-hybridized carbons (Fsp3) is 0.727. The summed E-state index contributed by atoms with van der Waals surface area (Å²) in [6.45, 7) is 9.16. The second kappa shape index (κ2) is 4.30. The Labute approximate surface area is 87.7 Å². The SMILES string of the molecule is C[C@H]1CC/C(=C/[Si](C)(C)C)C/C1=N/O. The van der Waals surface area contributed by atoms with E-state index >= 15 is 0 Å². The Morgan fingerprint density at radius 1 is 1.43 bits per heavy atom. The molecule has 0 saturated heterocycles. The van der Waals surface area contributed by atoms with Crippen molar-refractivity contribution in [1.29, 1.82) is 0 Å². The molecule has 1 aliphatic rings. The van der Waals surface area contributed by atoms with E-state index in [1.807, 2.05) is 0 Å². The van der Waals surface area contributed by atoms with E-state index in [4.69, 9.17) is 5.21 Å². The van der Waals surface area contributed by atoms with Gasteiger partial charge in [0, 0.05) is 6.42 Å². The van der Waals surface area contributed by atoms with Gasteiger partial charge in [-0.05, 0) is 18.8 Å². The van der Waals surface area contributed by atoms with Gasteiger partial charge < -0.3 is 5.21 Å². The lowest BCUT2D eigenvalue weighted by Gasteiger charge is -2.24. The first-order valence-electron chi connectivity index (χ1n) is 5.34. The molecule has 1 saturated carbocycles. The molecule has 1 rings (SSSR count). The molecule has 0 unspecified atom stereocenters. The number of nitrogens with zero attached hydrogens (tertiary/aromatic N) is 1. The third-order valence-corrected chi connectivity index (χ3v) is 3.92. The number of allylic oxidation sites excluding steroid dienone is 1. The average molecular weight is 211 g/mol. The van der Waals surface area contributed by atoms with Crippen LogP contribution in [0.15, 0.2) is 16.4 Å². The van der Waals surface area contributed by atoms with Gasteiger partial charge in [-0.1, -0.05) is 43.0 Å². The normalized spacial score (nSPS) is 29.9. The molecule has 0 aromatic heterocycles. The molecule has 1 atom stereocenters. The fourth-order valence-corrected chi connectivity index (χ4v) is 3.40. The third kappa shape index (κ3) is 3.29. The summed E-state index contributed by atoms with van der Waals surface area (Å²) in [4.78, 5) is 0. The zero-order chi connectivity index (χ0) is 10.8. The summed E-state index contributed by atoms with van der Waals surface area (Å²) in [5.74, 6) is 0.457. The molecule has 0 amide bonds. The Balaban J connectivity index is 2.73. The molecule has 80 valence electrons. The topological polar surface area (TPSA) is 32.6 Å². The van der Waals surface area contributed by atoms with Crippen LogP contribution in [0.4, 0.5) is 0 Å². The van der Waals surface area contributed by atoms with Crippen molar-refractivity contribution in [3.8, 4) is 0 Å². The Morgan fingerprint density at radius 2 is 2.07 bits per heavy atom. The number of hydrogen-bond acceptors (Lipinski definition) is 2. The van der Waals surface area contributed by atoms with Crippen LogP contribution >= 0.6 is 0 Å². The molecular formula is C11H21NOSi. The molecule has 1 fully saturated rings. The molecule has 0 heterocycles. The van der Waals surface area contributed by atoms with E-state index in [9.17, 15) is 0 Å². The molecule has 0 aromatic carbocycles. The third-order valence-electron chi connectivity index (χ3n) is 2.64. The van der Waals surface area contributed by atoms with Crippen LogP contribution in [-0.2, 0) is 0 Å². The van der Waals surface area contributed by atoms with Crippen molar-refractivity contribution in [1.82, 2.24) is 0 Å². The minimum absolute atomic E-state index is 0.457. The molecular weight excluding hydrogens is 190 g/mol. The summed E-state index contributed by atoms with van der Waals surface area (Å²) in [7, 11) is -1.11. The summed E-state index contributed by atoms with van der Waals surface area (Å²) < 4.78 is 0. The van der Waals surface area contributed by atoms with Crippen molar-refractivity contribution >= 4 is 13.8 Å². The minimum atomic E-state index is -1.11. The Kier molecular flexibility index (Phi) is 3.53. The van der Waals surface area contributed by atoms with Crippen LogP contribution < -0.4 is 0 Å². The highest BCUT2D eigenvalue weighted by molar-refractivity contribution is 6.81. The lowest BCUT2D eigenvalue weighted by Crippen LogP contribution is -2.22. The standard InChI is InChI=1S/C11H21NOSi/c1-9-5-6-10(7-11(9)12-13)8-14(2,3)4/h8-9,13H,5-7H2,1-4H3/b10-8-,12-11-/t9-/m0/s1. The highest BCUT2D eigenvalue weighted by Crippen LogP contribution is 2.27. The predicted octanol–water partition coefficient (Wildman–Crippen LogP) is 3.44. The van der Waals surface area contributed by atoms with Crippen LogP contribution in [0.25, 0.3) is 0 Å². The first-order valence-corrected chi connectivity index (χ1v) is 8.91. The first kappa shape index (κ1) is 11.5. The summed E-state index contributed by atoms with van der Waals surface area (Å²) in [6.07, 6.45) is 3.21. The van der Waals surface area contributed by atoms with Crippen molar-refractivity contribution in [3.05, 3.63) is 11.3 Å². The quantitative estimate of drug-likeness (QED) is 0.402. The lowest BCUT2D eigenvalue weighted by atomic mass is 9.86. The van der Waals surface area contributed by atoms with Gasteiger partial charge in [0.05, 0.1) is 13.8 Å².